The number of carbonyl (C=O) groups is 1. The number of rotatable bonds is 4. The van der Waals surface area contributed by atoms with Crippen LogP contribution in [0.15, 0.2) is 48.1 Å². The van der Waals surface area contributed by atoms with E-state index in [9.17, 15) is 14.9 Å². The fraction of sp³-hybridized carbons (Fsp3) is 0.462. The summed E-state index contributed by atoms with van der Waals surface area (Å²) < 4.78 is 1.63. The van der Waals surface area contributed by atoms with Crippen LogP contribution in [0.1, 0.15) is 38.6 Å². The Kier molecular flexibility index (Phi) is 6.34. The maximum absolute atomic E-state index is 13.1. The van der Waals surface area contributed by atoms with Crippen LogP contribution in [-0.2, 0) is 4.79 Å². The molecule has 2 aromatic rings. The molecule has 0 spiro atoms. The number of piperazine rings is 1. The summed E-state index contributed by atoms with van der Waals surface area (Å²) in [6.45, 7) is 12.9. The molecule has 1 aromatic carbocycles. The molecule has 2 heterocycles. The lowest BCUT2D eigenvalue weighted by molar-refractivity contribution is -0.384. The molecule has 0 saturated carbocycles. The molecule has 180 valence electrons. The maximum atomic E-state index is 13.1. The van der Waals surface area contributed by atoms with E-state index in [0.29, 0.717) is 31.9 Å². The van der Waals surface area contributed by atoms with Gasteiger partial charge in [-0.3, -0.25) is 14.9 Å². The number of anilines is 1. The Morgan fingerprint density at radius 3 is 2.35 bits per heavy atom. The van der Waals surface area contributed by atoms with Gasteiger partial charge in [-0.05, 0) is 49.5 Å². The van der Waals surface area contributed by atoms with Crippen molar-refractivity contribution in [2.75, 3.05) is 31.1 Å². The molecule has 1 aliphatic carbocycles. The summed E-state index contributed by atoms with van der Waals surface area (Å²) in [6, 6.07) is 7.07. The van der Waals surface area contributed by atoms with E-state index in [2.05, 4.69) is 42.9 Å². The number of hydrogen-bond donors (Lipinski definition) is 0. The first-order chi connectivity index (χ1) is 16.0. The summed E-state index contributed by atoms with van der Waals surface area (Å²) in [5, 5.41) is 16.1. The number of nitrogens with zero attached hydrogens (tertiary/aromatic N) is 5. The number of benzene rings is 1. The van der Waals surface area contributed by atoms with E-state index in [0.717, 1.165) is 23.5 Å². The topological polar surface area (TPSA) is 84.5 Å². The normalized spacial score (nSPS) is 18.7. The molecule has 0 bridgehead atoms. The highest BCUT2D eigenvalue weighted by Gasteiger charge is 2.29. The molecule has 0 radical (unpaired) electrons. The van der Waals surface area contributed by atoms with Crippen molar-refractivity contribution in [3.8, 4) is 5.69 Å². The number of nitro groups is 1. The molecule has 34 heavy (non-hydrogen) atoms. The number of amides is 1. The molecule has 0 N–H and O–H groups in total. The zero-order valence-corrected chi connectivity index (χ0v) is 20.6. The lowest BCUT2D eigenvalue weighted by Gasteiger charge is -2.37. The van der Waals surface area contributed by atoms with Crippen molar-refractivity contribution < 1.29 is 9.72 Å². The molecular weight excluding hydrogens is 430 g/mol. The van der Waals surface area contributed by atoms with Crippen molar-refractivity contribution in [1.82, 2.24) is 14.7 Å². The molecule has 8 nitrogen and oxygen atoms in total. The zero-order chi connectivity index (χ0) is 24.6. The van der Waals surface area contributed by atoms with Gasteiger partial charge in [-0.1, -0.05) is 39.0 Å². The SMILES string of the molecule is Cc1cc(C)n(-c2cc(N3CCN(C(=O)C4C=CC(C(C)(C)C)=CC4)CC3)ccc2[N+](=O)[O-])n1. The van der Waals surface area contributed by atoms with Gasteiger partial charge in [-0.2, -0.15) is 5.10 Å². The van der Waals surface area contributed by atoms with E-state index in [1.54, 1.807) is 16.8 Å². The molecule has 8 heteroatoms. The highest BCUT2D eigenvalue weighted by Crippen LogP contribution is 2.32. The minimum absolute atomic E-state index is 0.0236. The third kappa shape index (κ3) is 4.76. The monoisotopic (exact) mass is 463 g/mol. The Morgan fingerprint density at radius 2 is 1.82 bits per heavy atom. The second-order valence-electron chi connectivity index (χ2n) is 10.2. The lowest BCUT2D eigenvalue weighted by atomic mass is 9.81. The first-order valence-corrected chi connectivity index (χ1v) is 11.8. The molecule has 1 amide bonds. The van der Waals surface area contributed by atoms with Crippen LogP contribution in [0.25, 0.3) is 5.69 Å². The van der Waals surface area contributed by atoms with Crippen LogP contribution >= 0.6 is 0 Å². The summed E-state index contributed by atoms with van der Waals surface area (Å²) in [6.07, 6.45) is 7.08. The summed E-state index contributed by atoms with van der Waals surface area (Å²) in [5.74, 6) is 0.0711. The minimum Gasteiger partial charge on any atom is -0.368 e. The molecule has 1 aromatic heterocycles. The van der Waals surface area contributed by atoms with Gasteiger partial charge in [0, 0.05) is 43.6 Å². The van der Waals surface area contributed by atoms with Gasteiger partial charge in [-0.15, -0.1) is 0 Å². The summed E-state index contributed by atoms with van der Waals surface area (Å²) in [7, 11) is 0. The van der Waals surface area contributed by atoms with Gasteiger partial charge in [0.05, 0.1) is 16.5 Å². The predicted octanol–water partition coefficient (Wildman–Crippen LogP) is 4.59. The van der Waals surface area contributed by atoms with E-state index in [-0.39, 0.29) is 27.9 Å². The molecule has 2 aliphatic rings. The smallest absolute Gasteiger partial charge is 0.295 e. The molecule has 1 aliphatic heterocycles. The van der Waals surface area contributed by atoms with E-state index in [1.165, 1.54) is 5.57 Å². The molecule has 1 saturated heterocycles. The summed E-state index contributed by atoms with van der Waals surface area (Å²) in [5.41, 5.74) is 4.40. The number of aromatic nitrogens is 2. The predicted molar refractivity (Wildman–Crippen MR) is 133 cm³/mol. The van der Waals surface area contributed by atoms with Crippen LogP contribution < -0.4 is 4.90 Å². The van der Waals surface area contributed by atoms with Gasteiger partial charge in [0.25, 0.3) is 5.69 Å². The quantitative estimate of drug-likeness (QED) is 0.489. The van der Waals surface area contributed by atoms with Crippen LogP contribution in [0.4, 0.5) is 11.4 Å². The average Bonchev–Trinajstić information content (AvgIpc) is 3.15. The van der Waals surface area contributed by atoms with Crippen molar-refractivity contribution >= 4 is 17.3 Å². The fourth-order valence-electron chi connectivity index (χ4n) is 4.68. The summed E-state index contributed by atoms with van der Waals surface area (Å²) in [4.78, 5) is 28.5. The molecule has 4 rings (SSSR count). The highest BCUT2D eigenvalue weighted by molar-refractivity contribution is 5.81. The van der Waals surface area contributed by atoms with Crippen molar-refractivity contribution in [2.24, 2.45) is 11.3 Å². The van der Waals surface area contributed by atoms with Crippen molar-refractivity contribution in [3.05, 3.63) is 69.6 Å². The third-order valence-corrected chi connectivity index (χ3v) is 6.63. The van der Waals surface area contributed by atoms with Gasteiger partial charge in [-0.25, -0.2) is 4.68 Å². The standard InChI is InChI=1S/C26H33N5O3/c1-18-16-19(2)30(27-18)24-17-22(10-11-23(24)31(33)34)28-12-14-29(15-13-28)25(32)20-6-8-21(9-7-20)26(3,4)5/h6,8-11,16-17,20H,7,12-15H2,1-5H3. The Labute approximate surface area is 200 Å². The lowest BCUT2D eigenvalue weighted by Crippen LogP contribution is -2.50. The maximum Gasteiger partial charge on any atom is 0.295 e. The number of aryl methyl sites for hydroxylation is 2. The highest BCUT2D eigenvalue weighted by atomic mass is 16.6. The largest absolute Gasteiger partial charge is 0.368 e. The van der Waals surface area contributed by atoms with Gasteiger partial charge >= 0.3 is 0 Å². The van der Waals surface area contributed by atoms with Crippen LogP contribution in [0, 0.1) is 35.3 Å². The van der Waals surface area contributed by atoms with E-state index < -0.39 is 0 Å². The van der Waals surface area contributed by atoms with Crippen molar-refractivity contribution in [1.29, 1.82) is 0 Å². The number of carbonyl (C=O) groups excluding carboxylic acids is 1. The van der Waals surface area contributed by atoms with Gasteiger partial charge in [0.1, 0.15) is 5.69 Å². The summed E-state index contributed by atoms with van der Waals surface area (Å²) >= 11 is 0. The molecule has 1 fully saturated rings. The Morgan fingerprint density at radius 1 is 1.12 bits per heavy atom. The third-order valence-electron chi connectivity index (χ3n) is 6.63. The van der Waals surface area contributed by atoms with Crippen LogP contribution in [-0.4, -0.2) is 51.7 Å². The van der Waals surface area contributed by atoms with E-state index in [4.69, 9.17) is 0 Å². The van der Waals surface area contributed by atoms with Crippen LogP contribution in [0.5, 0.6) is 0 Å². The fourth-order valence-corrected chi connectivity index (χ4v) is 4.68. The van der Waals surface area contributed by atoms with Crippen molar-refractivity contribution in [2.45, 2.75) is 41.0 Å². The van der Waals surface area contributed by atoms with Gasteiger partial charge < -0.3 is 9.80 Å². The van der Waals surface area contributed by atoms with Gasteiger partial charge in [0.15, 0.2) is 0 Å². The number of nitro benzene ring substituents is 1. The first-order valence-electron chi connectivity index (χ1n) is 11.8. The molecule has 1 unspecified atom stereocenters. The van der Waals surface area contributed by atoms with Crippen LogP contribution in [0.2, 0.25) is 0 Å². The molecule has 1 atom stereocenters. The van der Waals surface area contributed by atoms with Crippen LogP contribution in [0.3, 0.4) is 0 Å². The zero-order valence-electron chi connectivity index (χ0n) is 20.6. The Balaban J connectivity index is 1.45. The second-order valence-corrected chi connectivity index (χ2v) is 10.2. The van der Waals surface area contributed by atoms with Crippen molar-refractivity contribution in [3.63, 3.8) is 0 Å². The Hall–Kier alpha value is -3.42. The van der Waals surface area contributed by atoms with Gasteiger partial charge in [0.2, 0.25) is 5.91 Å². The number of allylic oxidation sites excluding steroid dienone is 3. The Bertz CT molecular complexity index is 1160. The average molecular weight is 464 g/mol. The number of hydrogen-bond acceptors (Lipinski definition) is 5. The van der Waals surface area contributed by atoms with E-state index in [1.807, 2.05) is 37.0 Å². The van der Waals surface area contributed by atoms with E-state index >= 15 is 0 Å². The second kappa shape index (κ2) is 9.08. The first kappa shape index (κ1) is 23.7. The minimum atomic E-state index is -0.372. The molecular formula is C26H33N5O3.